The summed E-state index contributed by atoms with van der Waals surface area (Å²) >= 11 is 0. The predicted molar refractivity (Wildman–Crippen MR) is 78.3 cm³/mol. The Kier molecular flexibility index (Phi) is 5.02. The van der Waals surface area contributed by atoms with Crippen LogP contribution in [0.5, 0.6) is 0 Å². The van der Waals surface area contributed by atoms with Gasteiger partial charge in [-0.2, -0.15) is 0 Å². The van der Waals surface area contributed by atoms with E-state index in [2.05, 4.69) is 27.1 Å². The van der Waals surface area contributed by atoms with Crippen LogP contribution >= 0.6 is 0 Å². The number of nitrogens with zero attached hydrogens (tertiary/aromatic N) is 2. The van der Waals surface area contributed by atoms with E-state index in [1.165, 1.54) is 6.20 Å². The lowest BCUT2D eigenvalue weighted by molar-refractivity contribution is 0.0938. The third-order valence-corrected chi connectivity index (χ3v) is 2.79. The first-order valence-corrected chi connectivity index (χ1v) is 6.47. The van der Waals surface area contributed by atoms with Crippen molar-refractivity contribution in [1.29, 1.82) is 0 Å². The summed E-state index contributed by atoms with van der Waals surface area (Å²) in [7, 11) is 0. The van der Waals surface area contributed by atoms with Crippen LogP contribution in [0.1, 0.15) is 34.6 Å². The lowest BCUT2D eigenvalue weighted by atomic mass is 10.1. The monoisotopic (exact) mass is 281 g/mol. The fraction of sp³-hybridized carbons (Fsp3) is 0.188. The molecule has 0 aliphatic heterocycles. The van der Waals surface area contributed by atoms with Gasteiger partial charge in [0.2, 0.25) is 0 Å². The van der Waals surface area contributed by atoms with E-state index in [0.717, 1.165) is 5.69 Å². The Morgan fingerprint density at radius 1 is 1.43 bits per heavy atom. The van der Waals surface area contributed by atoms with Gasteiger partial charge < -0.3 is 10.4 Å². The minimum absolute atomic E-state index is 0.203. The number of carbonyl (C=O) groups is 1. The molecule has 0 radical (unpaired) electrons. The Hall–Kier alpha value is -2.71. The van der Waals surface area contributed by atoms with Gasteiger partial charge in [0.1, 0.15) is 6.61 Å². The van der Waals surface area contributed by atoms with Gasteiger partial charge in [-0.05, 0) is 25.1 Å². The number of hydrogen-bond acceptors (Lipinski definition) is 4. The van der Waals surface area contributed by atoms with Crippen LogP contribution in [0.3, 0.4) is 0 Å². The lowest BCUT2D eigenvalue weighted by Crippen LogP contribution is -2.27. The zero-order chi connectivity index (χ0) is 15.1. The highest BCUT2D eigenvalue weighted by molar-refractivity contribution is 5.94. The van der Waals surface area contributed by atoms with Gasteiger partial charge >= 0.3 is 0 Å². The third-order valence-electron chi connectivity index (χ3n) is 2.79. The minimum Gasteiger partial charge on any atom is -0.384 e. The summed E-state index contributed by atoms with van der Waals surface area (Å²) < 4.78 is 0. The second-order valence-electron chi connectivity index (χ2n) is 4.37. The Balaban J connectivity index is 2.10. The molecule has 0 saturated heterocycles. The van der Waals surface area contributed by atoms with E-state index >= 15 is 0 Å². The van der Waals surface area contributed by atoms with Crippen LogP contribution < -0.4 is 5.32 Å². The van der Waals surface area contributed by atoms with Crippen LogP contribution in [0.2, 0.25) is 0 Å². The highest BCUT2D eigenvalue weighted by atomic mass is 16.2. The summed E-state index contributed by atoms with van der Waals surface area (Å²) in [5.41, 5.74) is 1.79. The number of aromatic nitrogens is 2. The largest absolute Gasteiger partial charge is 0.384 e. The average molecular weight is 281 g/mol. The Morgan fingerprint density at radius 2 is 2.29 bits per heavy atom. The third kappa shape index (κ3) is 4.13. The van der Waals surface area contributed by atoms with Crippen molar-refractivity contribution in [3.63, 3.8) is 0 Å². The van der Waals surface area contributed by atoms with Crippen molar-refractivity contribution in [1.82, 2.24) is 15.3 Å². The van der Waals surface area contributed by atoms with Crippen molar-refractivity contribution >= 4 is 5.91 Å². The number of amides is 1. The van der Waals surface area contributed by atoms with E-state index in [-0.39, 0.29) is 18.6 Å². The van der Waals surface area contributed by atoms with Gasteiger partial charge in [0, 0.05) is 24.2 Å². The Morgan fingerprint density at radius 3 is 3.00 bits per heavy atom. The quantitative estimate of drug-likeness (QED) is 0.832. The molecule has 2 rings (SSSR count). The molecule has 5 heteroatoms. The van der Waals surface area contributed by atoms with Crippen molar-refractivity contribution in [3.8, 4) is 11.8 Å². The zero-order valence-electron chi connectivity index (χ0n) is 11.6. The van der Waals surface area contributed by atoms with Crippen LogP contribution in [-0.4, -0.2) is 27.6 Å². The Labute approximate surface area is 123 Å². The highest BCUT2D eigenvalue weighted by Crippen LogP contribution is 2.10. The van der Waals surface area contributed by atoms with Crippen molar-refractivity contribution < 1.29 is 9.90 Å². The summed E-state index contributed by atoms with van der Waals surface area (Å²) in [5, 5.41) is 11.5. The zero-order valence-corrected chi connectivity index (χ0v) is 11.6. The molecule has 5 nitrogen and oxygen atoms in total. The van der Waals surface area contributed by atoms with Crippen LogP contribution in [-0.2, 0) is 0 Å². The number of carbonyl (C=O) groups excluding carboxylic acids is 1. The molecule has 2 aromatic heterocycles. The first kappa shape index (κ1) is 14.7. The molecule has 1 amide bonds. The molecule has 1 atom stereocenters. The van der Waals surface area contributed by atoms with Gasteiger partial charge in [0.25, 0.3) is 5.91 Å². The molecule has 106 valence electrons. The van der Waals surface area contributed by atoms with Crippen LogP contribution in [0.4, 0.5) is 0 Å². The number of rotatable bonds is 3. The normalized spacial score (nSPS) is 11.1. The molecular formula is C16H15N3O2. The summed E-state index contributed by atoms with van der Waals surface area (Å²) in [6.45, 7) is 1.64. The molecule has 1 unspecified atom stereocenters. The van der Waals surface area contributed by atoms with Crippen LogP contribution in [0, 0.1) is 11.8 Å². The van der Waals surface area contributed by atoms with Crippen molar-refractivity contribution in [2.75, 3.05) is 6.61 Å². The molecule has 2 N–H and O–H groups in total. The molecule has 0 spiro atoms. The number of nitrogens with one attached hydrogen (secondary N) is 1. The molecule has 2 aromatic rings. The molecule has 0 fully saturated rings. The maximum atomic E-state index is 12.2. The SMILES string of the molecule is CC(NC(=O)c1cncc(C#CCO)c1)c1ccccn1. The van der Waals surface area contributed by atoms with Crippen molar-refractivity contribution in [3.05, 3.63) is 59.7 Å². The standard InChI is InChI=1S/C16H15N3O2/c1-12(15-6-2-3-7-18-15)19-16(21)14-9-13(5-4-8-20)10-17-11-14/h2-3,6-7,9-12,20H,8H2,1H3,(H,19,21). The molecule has 0 aliphatic rings. The smallest absolute Gasteiger partial charge is 0.253 e. The molecule has 0 saturated carbocycles. The van der Waals surface area contributed by atoms with Crippen LogP contribution in [0.25, 0.3) is 0 Å². The highest BCUT2D eigenvalue weighted by Gasteiger charge is 2.12. The molecule has 0 aliphatic carbocycles. The molecule has 21 heavy (non-hydrogen) atoms. The number of hydrogen-bond donors (Lipinski definition) is 2. The van der Waals surface area contributed by atoms with E-state index in [4.69, 9.17) is 5.11 Å². The van der Waals surface area contributed by atoms with Gasteiger partial charge in [-0.1, -0.05) is 17.9 Å². The number of pyridine rings is 2. The molecular weight excluding hydrogens is 266 g/mol. The van der Waals surface area contributed by atoms with E-state index < -0.39 is 0 Å². The van der Waals surface area contributed by atoms with Crippen molar-refractivity contribution in [2.24, 2.45) is 0 Å². The van der Waals surface area contributed by atoms with Gasteiger partial charge in [-0.15, -0.1) is 0 Å². The van der Waals surface area contributed by atoms with Crippen molar-refractivity contribution in [2.45, 2.75) is 13.0 Å². The summed E-state index contributed by atoms with van der Waals surface area (Å²) in [6, 6.07) is 6.98. The van der Waals surface area contributed by atoms with Gasteiger partial charge in [-0.25, -0.2) is 0 Å². The fourth-order valence-electron chi connectivity index (χ4n) is 1.76. The maximum Gasteiger partial charge on any atom is 0.253 e. The maximum absolute atomic E-state index is 12.2. The topological polar surface area (TPSA) is 75.1 Å². The number of aliphatic hydroxyl groups is 1. The fourth-order valence-corrected chi connectivity index (χ4v) is 1.76. The number of aliphatic hydroxyl groups excluding tert-OH is 1. The van der Waals surface area contributed by atoms with E-state index in [1.54, 1.807) is 18.5 Å². The Bertz CT molecular complexity index is 675. The first-order chi connectivity index (χ1) is 10.2. The predicted octanol–water partition coefficient (Wildman–Crippen LogP) is 1.31. The summed E-state index contributed by atoms with van der Waals surface area (Å²) in [4.78, 5) is 20.4. The van der Waals surface area contributed by atoms with E-state index in [0.29, 0.717) is 11.1 Å². The molecule has 2 heterocycles. The minimum atomic E-state index is -0.242. The van der Waals surface area contributed by atoms with Gasteiger partial charge in [0.05, 0.1) is 17.3 Å². The van der Waals surface area contributed by atoms with E-state index in [1.807, 2.05) is 25.1 Å². The second-order valence-corrected chi connectivity index (χ2v) is 4.37. The lowest BCUT2D eigenvalue weighted by Gasteiger charge is -2.13. The van der Waals surface area contributed by atoms with E-state index in [9.17, 15) is 4.79 Å². The summed E-state index contributed by atoms with van der Waals surface area (Å²) in [5.74, 6) is 5.00. The first-order valence-electron chi connectivity index (χ1n) is 6.47. The summed E-state index contributed by atoms with van der Waals surface area (Å²) in [6.07, 6.45) is 4.71. The molecule has 0 bridgehead atoms. The van der Waals surface area contributed by atoms with Crippen LogP contribution in [0.15, 0.2) is 42.9 Å². The van der Waals surface area contributed by atoms with Gasteiger partial charge in [-0.3, -0.25) is 14.8 Å². The second kappa shape index (κ2) is 7.17. The average Bonchev–Trinajstić information content (AvgIpc) is 2.54. The van der Waals surface area contributed by atoms with Gasteiger partial charge in [0.15, 0.2) is 0 Å². The molecule has 0 aromatic carbocycles.